The van der Waals surface area contributed by atoms with E-state index in [1.165, 1.54) is 178 Å². The van der Waals surface area contributed by atoms with Crippen LogP contribution in [-0.4, -0.2) is 255 Å². The molecule has 1 aromatic heterocycles. The van der Waals surface area contributed by atoms with Gasteiger partial charge in [-0.3, -0.25) is 9.59 Å². The number of carbonyl (C=O) groups excluding carboxylic acids is 2. The fraction of sp³-hybridized carbons (Fsp3) is 0.708. The summed E-state index contributed by atoms with van der Waals surface area (Å²) in [4.78, 5) is 37.2. The first-order valence-electron chi connectivity index (χ1n) is 43.7. The van der Waals surface area contributed by atoms with E-state index in [9.17, 15) is 9.59 Å². The van der Waals surface area contributed by atoms with Crippen LogP contribution >= 0.6 is 0 Å². The van der Waals surface area contributed by atoms with E-state index in [0.29, 0.717) is 31.6 Å². The number of rotatable bonds is 22. The third-order valence-corrected chi connectivity index (χ3v) is 19.9. The smallest absolute Gasteiger partial charge is 0.231 e. The Morgan fingerprint density at radius 1 is 0.575 bits per heavy atom. The number of benzene rings is 3. The van der Waals surface area contributed by atoms with Crippen LogP contribution in [0.3, 0.4) is 0 Å². The largest absolute Gasteiger partial charge is 0.383 e. The number of likely N-dealkylation sites (tertiary alicyclic amines) is 2. The molecule has 2 atom stereocenters. The second-order valence-electron chi connectivity index (χ2n) is 29.2. The number of unbranched alkanes of at least 4 members (excludes halogenated alkanes) is 1. The van der Waals surface area contributed by atoms with Gasteiger partial charge in [0.25, 0.3) is 0 Å². The number of amides is 1. The molecule has 650 valence electrons. The summed E-state index contributed by atoms with van der Waals surface area (Å²) >= 11 is 0. The highest BCUT2D eigenvalue weighted by molar-refractivity contribution is 5.88. The summed E-state index contributed by atoms with van der Waals surface area (Å²) < 4.78 is 9.74. The highest BCUT2D eigenvalue weighted by atomic mass is 16.5. The Balaban J connectivity index is 0.00000122. The quantitative estimate of drug-likeness (QED) is 0.0260. The molecule has 0 spiro atoms. The lowest BCUT2D eigenvalue weighted by molar-refractivity contribution is -0.123. The molecule has 0 bridgehead atoms. The molecule has 0 radical (unpaired) electrons. The van der Waals surface area contributed by atoms with Crippen LogP contribution in [0, 0.1) is 5.92 Å². The number of nitrogens with zero attached hydrogens (tertiary/aromatic N) is 5. The number of hydrogen-bond donors (Lipinski definition) is 15. The van der Waals surface area contributed by atoms with Gasteiger partial charge in [-0.15, -0.1) is 0 Å². The molecule has 9 heterocycles. The van der Waals surface area contributed by atoms with Crippen molar-refractivity contribution in [1.82, 2.24) is 72.9 Å². The first-order valence-corrected chi connectivity index (χ1v) is 43.7. The molecule has 8 aliphatic heterocycles. The Hall–Kier alpha value is -5.30. The van der Waals surface area contributed by atoms with Crippen LogP contribution in [0.2, 0.25) is 0 Å². The lowest BCUT2D eigenvalue weighted by Crippen LogP contribution is -2.44. The molecule has 20 N–H and O–H groups in total. The highest BCUT2D eigenvalue weighted by Gasteiger charge is 2.38. The SMILES string of the molecule is C1=CCNC1.C1CCN(C2CCNCC2)C1.C1CN[C@H](CN2CCCC2)C1.CC(=O)C1(c2ccccc2)CCNCC1.CCCCNCC.CCNC.CCNCC.CNC.COCCN.NCC(N)=O.NCC1CCCCC1.NC[C@H]1CCCO1.c1ccc(CNCc2ccccc2)cc1.c1cnc(N2CCNCC2)nc1. The Kier molecular flexibility index (Phi) is 76.7. The molecule has 9 aliphatic rings. The van der Waals surface area contributed by atoms with Crippen molar-refractivity contribution in [3.05, 3.63) is 138 Å². The summed E-state index contributed by atoms with van der Waals surface area (Å²) in [5.41, 5.74) is 28.7. The Bertz CT molecular complexity index is 2530. The first kappa shape index (κ1) is 108. The third kappa shape index (κ3) is 60.8. The van der Waals surface area contributed by atoms with Crippen molar-refractivity contribution in [3.8, 4) is 0 Å². The van der Waals surface area contributed by atoms with Crippen LogP contribution in [0.4, 0.5) is 5.95 Å². The molecule has 24 heteroatoms. The Morgan fingerprint density at radius 2 is 1.10 bits per heavy atom. The number of piperidine rings is 2. The van der Waals surface area contributed by atoms with Crippen molar-refractivity contribution in [2.45, 2.75) is 200 Å². The standard InChI is InChI=1S/C14H15N.C13H17NO.2C9H18N2.C8H12N4.C7H15N.C6H15N.C5H11NO.C4H7N.C4H11N.C3H9NO.C3H9N.C2H6N2O.C2H7N/c1-3-7-13(8-4-1)11-15-12-14-9-5-2-6-10-14;1-11(15)13(7-9-14-10-8-13)12-5-3-2-4-6-12;1-2-8-11(7-1)9-3-5-10-6-4-9;1-2-7-11(6-1)8-9-4-3-5-10-9;1-2-10-8(11-3-1)12-6-4-9-5-7-12;8-6-7-4-2-1-3-5-7;1-3-5-6-7-4-2;6-4-5-2-1-3-7-5;1-2-4-5-3-1;1-3-5-4-2;1-5-3-2-4;1-3-4-2;3-1-2(4)5;1-3-2/h1-10,15H,11-12H2;2-6,14H,7-10H2,1H3;2*9-10H,1-8H2;1-3,9H,4-7H2;7H,1-6,8H2;7H,3-6H2,1-2H3;5H,1-4,6H2;1-2,5H,3-4H2;5H,3-4H2,1-2H3;2-4H2,1H3;4H,3H2,1-2H3;1,3H2,(H2,4,5);3H,1-2H3/t;;;9-;;;;5-;;;;;;/m...0...1....../s1. The average molecular weight is 1580 g/mol. The molecule has 24 nitrogen and oxygen atoms in total. The fourth-order valence-electron chi connectivity index (χ4n) is 13.3. The number of carbonyl (C=O) groups is 2. The normalized spacial score (nSPS) is 18.6. The number of hydrogen-bond acceptors (Lipinski definition) is 23. The lowest BCUT2D eigenvalue weighted by atomic mass is 9.70. The van der Waals surface area contributed by atoms with Gasteiger partial charge in [0.1, 0.15) is 5.78 Å². The van der Waals surface area contributed by atoms with Gasteiger partial charge >= 0.3 is 0 Å². The van der Waals surface area contributed by atoms with Crippen molar-refractivity contribution in [2.24, 2.45) is 34.6 Å². The minimum absolute atomic E-state index is 0.0556. The molecule has 1 saturated carbocycles. The number of anilines is 1. The predicted molar refractivity (Wildman–Crippen MR) is 482 cm³/mol. The molecule has 7 saturated heterocycles. The molecule has 4 aromatic rings. The fourth-order valence-corrected chi connectivity index (χ4v) is 13.3. The zero-order valence-corrected chi connectivity index (χ0v) is 73.1. The summed E-state index contributed by atoms with van der Waals surface area (Å²) in [6.07, 6.45) is 33.3. The van der Waals surface area contributed by atoms with Gasteiger partial charge in [0.05, 0.1) is 24.7 Å². The van der Waals surface area contributed by atoms with E-state index in [1.807, 2.05) is 57.5 Å². The van der Waals surface area contributed by atoms with Crippen molar-refractivity contribution in [1.29, 1.82) is 0 Å². The molecular weight excluding hydrogens is 1410 g/mol. The van der Waals surface area contributed by atoms with Crippen molar-refractivity contribution in [2.75, 3.05) is 210 Å². The maximum absolute atomic E-state index is 11.9. The second kappa shape index (κ2) is 80.5. The number of aromatic nitrogens is 2. The van der Waals surface area contributed by atoms with E-state index in [0.717, 1.165) is 148 Å². The zero-order chi connectivity index (χ0) is 83.0. The van der Waals surface area contributed by atoms with Gasteiger partial charge in [-0.05, 0) is 251 Å². The van der Waals surface area contributed by atoms with Crippen LogP contribution in [0.15, 0.2) is 122 Å². The van der Waals surface area contributed by atoms with E-state index in [1.54, 1.807) is 26.4 Å². The predicted octanol–water partition coefficient (Wildman–Crippen LogP) is 8.32. The number of nitrogens with two attached hydrogens (primary N) is 5. The number of methoxy groups -OCH3 is 1. The van der Waals surface area contributed by atoms with Gasteiger partial charge in [-0.2, -0.15) is 0 Å². The maximum Gasteiger partial charge on any atom is 0.231 e. The van der Waals surface area contributed by atoms with Gasteiger partial charge in [0.2, 0.25) is 11.9 Å². The van der Waals surface area contributed by atoms with Gasteiger partial charge in [-0.25, -0.2) is 9.97 Å². The summed E-state index contributed by atoms with van der Waals surface area (Å²) in [7, 11) is 7.31. The molecular formula is C89H170N20O4. The van der Waals surface area contributed by atoms with Crippen molar-refractivity contribution >= 4 is 17.6 Å². The summed E-state index contributed by atoms with van der Waals surface area (Å²) in [6, 6.07) is 34.7. The molecule has 1 aliphatic carbocycles. The number of primary amides is 1. The first-order chi connectivity index (χ1) is 55.3. The van der Waals surface area contributed by atoms with Gasteiger partial charge < -0.3 is 106 Å². The number of ether oxygens (including phenoxy) is 2. The van der Waals surface area contributed by atoms with Crippen LogP contribution in [0.5, 0.6) is 0 Å². The lowest BCUT2D eigenvalue weighted by Gasteiger charge is -2.35. The average Bonchev–Trinajstić information content (AvgIpc) is 1.03. The van der Waals surface area contributed by atoms with Crippen molar-refractivity contribution in [3.63, 3.8) is 0 Å². The van der Waals surface area contributed by atoms with Crippen LogP contribution < -0.4 is 86.7 Å². The van der Waals surface area contributed by atoms with Gasteiger partial charge in [0, 0.05) is 110 Å². The third-order valence-electron chi connectivity index (χ3n) is 19.9. The van der Waals surface area contributed by atoms with E-state index >= 15 is 0 Å². The number of piperazine rings is 1. The van der Waals surface area contributed by atoms with E-state index < -0.39 is 5.91 Å². The van der Waals surface area contributed by atoms with E-state index in [2.05, 4.69) is 196 Å². The Labute approximate surface area is 689 Å². The van der Waals surface area contributed by atoms with Crippen molar-refractivity contribution < 1.29 is 19.1 Å². The number of nitrogens with one attached hydrogen (secondary N) is 10. The van der Waals surface area contributed by atoms with Crippen LogP contribution in [0.25, 0.3) is 0 Å². The minimum atomic E-state index is -0.468. The van der Waals surface area contributed by atoms with Crippen LogP contribution in [-0.2, 0) is 37.6 Å². The molecule has 0 unspecified atom stereocenters. The van der Waals surface area contributed by atoms with Gasteiger partial charge in [-0.1, -0.05) is 163 Å². The summed E-state index contributed by atoms with van der Waals surface area (Å²) in [6.45, 7) is 42.0. The maximum atomic E-state index is 11.9. The minimum Gasteiger partial charge on any atom is -0.383 e. The Morgan fingerprint density at radius 3 is 1.49 bits per heavy atom. The highest BCUT2D eigenvalue weighted by Crippen LogP contribution is 2.34. The van der Waals surface area contributed by atoms with E-state index in [4.69, 9.17) is 27.7 Å². The monoisotopic (exact) mass is 1580 g/mol. The topological polar surface area (TPSA) is 338 Å². The summed E-state index contributed by atoms with van der Waals surface area (Å²) in [5.74, 6) is 1.54. The number of ketones is 1. The van der Waals surface area contributed by atoms with Gasteiger partial charge in [0.15, 0.2) is 0 Å². The molecule has 1 amide bonds. The summed E-state index contributed by atoms with van der Waals surface area (Å²) in [5, 5.41) is 32.1. The number of Topliss-reactive ketones (excluding diaryl/α,β-unsaturated/α-hetero) is 1. The molecule has 13 rings (SSSR count). The second-order valence-corrected chi connectivity index (χ2v) is 29.2. The van der Waals surface area contributed by atoms with E-state index in [-0.39, 0.29) is 12.0 Å². The van der Waals surface area contributed by atoms with Crippen LogP contribution in [0.1, 0.15) is 180 Å². The zero-order valence-electron chi connectivity index (χ0n) is 73.1. The molecule has 3 aromatic carbocycles. The molecule has 8 fully saturated rings. The molecule has 113 heavy (non-hydrogen) atoms.